The van der Waals surface area contributed by atoms with Crippen LogP contribution >= 0.6 is 0 Å². The predicted octanol–water partition coefficient (Wildman–Crippen LogP) is 2.85. The maximum absolute atomic E-state index is 12.8. The summed E-state index contributed by atoms with van der Waals surface area (Å²) in [6.45, 7) is 3.19. The third-order valence-corrected chi connectivity index (χ3v) is 5.40. The van der Waals surface area contributed by atoms with E-state index >= 15 is 0 Å². The normalized spacial score (nSPS) is 19.4. The van der Waals surface area contributed by atoms with E-state index in [-0.39, 0.29) is 12.0 Å². The van der Waals surface area contributed by atoms with Crippen molar-refractivity contribution >= 4 is 11.9 Å². The zero-order chi connectivity index (χ0) is 18.6. The second-order valence-electron chi connectivity index (χ2n) is 7.31. The minimum Gasteiger partial charge on any atom is -0.371 e. The first kappa shape index (κ1) is 17.9. The molecule has 1 fully saturated rings. The number of carbonyl (C=O) groups excluding carboxylic acids is 1. The Kier molecular flexibility index (Phi) is 5.34. The maximum atomic E-state index is 12.8. The number of rotatable bonds is 4. The fourth-order valence-corrected chi connectivity index (χ4v) is 3.87. The fraction of sp³-hybridized carbons (Fsp3) is 0.476. The molecule has 2 aliphatic heterocycles. The summed E-state index contributed by atoms with van der Waals surface area (Å²) >= 11 is 0. The minimum atomic E-state index is -0.0857. The van der Waals surface area contributed by atoms with Crippen LogP contribution in [0.3, 0.4) is 0 Å². The van der Waals surface area contributed by atoms with E-state index in [4.69, 9.17) is 4.74 Å². The molecule has 1 saturated heterocycles. The van der Waals surface area contributed by atoms with Crippen LogP contribution in [-0.4, -0.2) is 54.1 Å². The largest absolute Gasteiger partial charge is 0.371 e. The molecule has 0 bridgehead atoms. The number of likely N-dealkylation sites (N-methyl/N-ethyl adjacent to an activating group) is 1. The van der Waals surface area contributed by atoms with Crippen LogP contribution in [0.15, 0.2) is 36.7 Å². The van der Waals surface area contributed by atoms with Gasteiger partial charge in [0.2, 0.25) is 5.95 Å². The van der Waals surface area contributed by atoms with Crippen molar-refractivity contribution < 1.29 is 9.53 Å². The molecule has 0 N–H and O–H groups in total. The summed E-state index contributed by atoms with van der Waals surface area (Å²) in [6, 6.07) is 8.31. The molecule has 2 aromatic rings. The third kappa shape index (κ3) is 3.95. The molecule has 3 heterocycles. The van der Waals surface area contributed by atoms with Gasteiger partial charge in [-0.05, 0) is 36.8 Å². The van der Waals surface area contributed by atoms with Crippen molar-refractivity contribution in [3.8, 4) is 0 Å². The molecule has 0 radical (unpaired) electrons. The average Bonchev–Trinajstić information content (AvgIpc) is 2.74. The van der Waals surface area contributed by atoms with Crippen LogP contribution in [-0.2, 0) is 11.2 Å². The van der Waals surface area contributed by atoms with Crippen LogP contribution < -0.4 is 4.90 Å². The standard InChI is InChI=1S/C21H26N4O2/c1-24(15-19-18-8-4-3-7-16(18)9-12-27-19)20(26)17-13-22-21(23-14-17)25-10-5-2-6-11-25/h3-4,7-8,13-14,19H,2,5-6,9-12,15H2,1H3/t19-/m1/s1. The SMILES string of the molecule is CN(C[C@H]1OCCc2ccccc21)C(=O)c1cnc(N2CCCCC2)nc1. The van der Waals surface area contributed by atoms with Crippen molar-refractivity contribution in [1.82, 2.24) is 14.9 Å². The van der Waals surface area contributed by atoms with Crippen LogP contribution in [0.4, 0.5) is 5.95 Å². The Morgan fingerprint density at radius 1 is 1.19 bits per heavy atom. The monoisotopic (exact) mass is 366 g/mol. The molecule has 6 heteroatoms. The van der Waals surface area contributed by atoms with Gasteiger partial charge in [-0.25, -0.2) is 9.97 Å². The van der Waals surface area contributed by atoms with Crippen molar-refractivity contribution in [2.45, 2.75) is 31.8 Å². The van der Waals surface area contributed by atoms with E-state index in [0.29, 0.717) is 18.7 Å². The van der Waals surface area contributed by atoms with Gasteiger partial charge in [0.05, 0.1) is 18.7 Å². The van der Waals surface area contributed by atoms with Crippen molar-refractivity contribution in [3.05, 3.63) is 53.3 Å². The van der Waals surface area contributed by atoms with Gasteiger partial charge in [-0.15, -0.1) is 0 Å². The molecular formula is C21H26N4O2. The van der Waals surface area contributed by atoms with Crippen LogP contribution in [0.25, 0.3) is 0 Å². The van der Waals surface area contributed by atoms with Gasteiger partial charge in [0.15, 0.2) is 0 Å². The number of piperidine rings is 1. The molecule has 0 saturated carbocycles. The highest BCUT2D eigenvalue weighted by molar-refractivity contribution is 5.93. The van der Waals surface area contributed by atoms with Gasteiger partial charge in [0.25, 0.3) is 5.91 Å². The molecule has 0 aliphatic carbocycles. The Morgan fingerprint density at radius 2 is 1.93 bits per heavy atom. The molecule has 142 valence electrons. The highest BCUT2D eigenvalue weighted by atomic mass is 16.5. The molecule has 1 aromatic carbocycles. The number of hydrogen-bond acceptors (Lipinski definition) is 5. The fourth-order valence-electron chi connectivity index (χ4n) is 3.87. The van der Waals surface area contributed by atoms with E-state index in [9.17, 15) is 4.79 Å². The number of amides is 1. The number of hydrogen-bond donors (Lipinski definition) is 0. The molecule has 0 spiro atoms. The van der Waals surface area contributed by atoms with E-state index in [2.05, 4.69) is 33.1 Å². The van der Waals surface area contributed by atoms with Crippen molar-refractivity contribution in [2.24, 2.45) is 0 Å². The van der Waals surface area contributed by atoms with E-state index in [1.54, 1.807) is 17.3 Å². The summed E-state index contributed by atoms with van der Waals surface area (Å²) in [7, 11) is 1.81. The van der Waals surface area contributed by atoms with Crippen molar-refractivity contribution in [3.63, 3.8) is 0 Å². The van der Waals surface area contributed by atoms with Gasteiger partial charge in [0.1, 0.15) is 6.10 Å². The summed E-state index contributed by atoms with van der Waals surface area (Å²) in [5.74, 6) is 0.644. The maximum Gasteiger partial charge on any atom is 0.256 e. The summed E-state index contributed by atoms with van der Waals surface area (Å²) in [5.41, 5.74) is 3.01. The van der Waals surface area contributed by atoms with Crippen molar-refractivity contribution in [2.75, 3.05) is 38.2 Å². The van der Waals surface area contributed by atoms with Gasteiger partial charge in [-0.1, -0.05) is 24.3 Å². The topological polar surface area (TPSA) is 58.6 Å². The molecule has 1 atom stereocenters. The number of nitrogens with zero attached hydrogens (tertiary/aromatic N) is 4. The van der Waals surface area contributed by atoms with Gasteiger partial charge >= 0.3 is 0 Å². The summed E-state index contributed by atoms with van der Waals surface area (Å²) in [4.78, 5) is 25.5. The van der Waals surface area contributed by atoms with Gasteiger partial charge < -0.3 is 14.5 Å². The van der Waals surface area contributed by atoms with Crippen LogP contribution in [0.1, 0.15) is 46.9 Å². The predicted molar refractivity (Wildman–Crippen MR) is 104 cm³/mol. The lowest BCUT2D eigenvalue weighted by Gasteiger charge is -2.30. The Hall–Kier alpha value is -2.47. The molecule has 2 aliphatic rings. The number of aromatic nitrogens is 2. The third-order valence-electron chi connectivity index (χ3n) is 5.40. The summed E-state index contributed by atoms with van der Waals surface area (Å²) in [6.07, 6.45) is 7.75. The second-order valence-corrected chi connectivity index (χ2v) is 7.31. The first-order valence-electron chi connectivity index (χ1n) is 9.74. The lowest BCUT2D eigenvalue weighted by Crippen LogP contribution is -2.34. The smallest absolute Gasteiger partial charge is 0.256 e. The second kappa shape index (κ2) is 8.05. The molecule has 4 rings (SSSR count). The number of ether oxygens (including phenoxy) is 1. The van der Waals surface area contributed by atoms with Gasteiger partial charge in [-0.3, -0.25) is 4.79 Å². The first-order chi connectivity index (χ1) is 13.2. The number of carbonyl (C=O) groups is 1. The molecule has 0 unspecified atom stereocenters. The summed E-state index contributed by atoms with van der Waals surface area (Å²) < 4.78 is 5.93. The number of anilines is 1. The first-order valence-corrected chi connectivity index (χ1v) is 9.74. The molecule has 6 nitrogen and oxygen atoms in total. The number of benzene rings is 1. The number of fused-ring (bicyclic) bond motifs is 1. The molecule has 1 aromatic heterocycles. The van der Waals surface area contributed by atoms with Gasteiger partial charge in [-0.2, -0.15) is 0 Å². The minimum absolute atomic E-state index is 0.0770. The quantitative estimate of drug-likeness (QED) is 0.833. The van der Waals surface area contributed by atoms with E-state index in [0.717, 1.165) is 25.5 Å². The Balaban J connectivity index is 1.42. The lowest BCUT2D eigenvalue weighted by molar-refractivity contribution is 0.0200. The zero-order valence-electron chi connectivity index (χ0n) is 15.8. The van der Waals surface area contributed by atoms with Crippen LogP contribution in [0.2, 0.25) is 0 Å². The zero-order valence-corrected chi connectivity index (χ0v) is 15.8. The highest BCUT2D eigenvalue weighted by Crippen LogP contribution is 2.27. The van der Waals surface area contributed by atoms with E-state index in [1.165, 1.54) is 30.4 Å². The van der Waals surface area contributed by atoms with E-state index < -0.39 is 0 Å². The lowest BCUT2D eigenvalue weighted by atomic mass is 9.97. The Labute approximate surface area is 160 Å². The Morgan fingerprint density at radius 3 is 2.70 bits per heavy atom. The van der Waals surface area contributed by atoms with Gasteiger partial charge in [0, 0.05) is 32.5 Å². The van der Waals surface area contributed by atoms with Crippen molar-refractivity contribution in [1.29, 1.82) is 0 Å². The van der Waals surface area contributed by atoms with Crippen LogP contribution in [0.5, 0.6) is 0 Å². The molecule has 1 amide bonds. The molecular weight excluding hydrogens is 340 g/mol. The summed E-state index contributed by atoms with van der Waals surface area (Å²) in [5, 5.41) is 0. The highest BCUT2D eigenvalue weighted by Gasteiger charge is 2.24. The average molecular weight is 366 g/mol. The molecule has 27 heavy (non-hydrogen) atoms. The van der Waals surface area contributed by atoms with Crippen LogP contribution in [0, 0.1) is 0 Å². The van der Waals surface area contributed by atoms with E-state index in [1.807, 2.05) is 13.1 Å². The Bertz CT molecular complexity index is 787.